The van der Waals surface area contributed by atoms with Crippen molar-refractivity contribution in [2.24, 2.45) is 5.92 Å². The summed E-state index contributed by atoms with van der Waals surface area (Å²) in [5.41, 5.74) is 0.481. The predicted octanol–water partition coefficient (Wildman–Crippen LogP) is 3.46. The largest absolute Gasteiger partial charge is 0.396 e. The van der Waals surface area contributed by atoms with Crippen LogP contribution >= 0.6 is 11.6 Å². The molecular weight excluding hydrogens is 423 g/mol. The lowest BCUT2D eigenvalue weighted by Crippen LogP contribution is -2.26. The summed E-state index contributed by atoms with van der Waals surface area (Å²) < 4.78 is 15.8. The zero-order valence-electron chi connectivity index (χ0n) is 16.6. The molecule has 0 unspecified atom stereocenters. The third-order valence-electron chi connectivity index (χ3n) is 4.67. The normalized spacial score (nSPS) is 11.7. The Morgan fingerprint density at radius 1 is 1.23 bits per heavy atom. The van der Waals surface area contributed by atoms with Crippen molar-refractivity contribution in [1.82, 2.24) is 9.55 Å². The molecule has 0 aliphatic carbocycles. The van der Waals surface area contributed by atoms with Gasteiger partial charge in [0.05, 0.1) is 28.9 Å². The van der Waals surface area contributed by atoms with Crippen LogP contribution in [0.1, 0.15) is 12.8 Å². The van der Waals surface area contributed by atoms with Gasteiger partial charge in [-0.2, -0.15) is 0 Å². The van der Waals surface area contributed by atoms with Gasteiger partial charge in [0.15, 0.2) is 0 Å². The fourth-order valence-corrected chi connectivity index (χ4v) is 3.10. The van der Waals surface area contributed by atoms with Gasteiger partial charge < -0.3 is 15.7 Å². The number of aromatic nitrogens is 2. The number of benzene rings is 1. The maximum atomic E-state index is 14.4. The van der Waals surface area contributed by atoms with Gasteiger partial charge in [0.1, 0.15) is 11.6 Å². The molecule has 3 N–H and O–H groups in total. The third-order valence-corrected chi connectivity index (χ3v) is 4.89. The van der Waals surface area contributed by atoms with E-state index in [0.717, 1.165) is 0 Å². The first-order chi connectivity index (χ1) is 15.0. The standard InChI is InChI=1S/C22H22ClFN4O3/c23-16-6-9-20(26-13-16)27-22(31)15(14-29)4-3-10-25-19-8-7-17(12-18(19)24)28-11-2-1-5-21(28)30/h1-2,5-9,11-13,15,25,29H,3-4,10,14H2,(H,26,27,31)/t15-/m0/s1. The summed E-state index contributed by atoms with van der Waals surface area (Å²) in [7, 11) is 0. The van der Waals surface area contributed by atoms with Crippen LogP contribution < -0.4 is 16.2 Å². The molecule has 0 radical (unpaired) electrons. The highest BCUT2D eigenvalue weighted by atomic mass is 35.5. The minimum Gasteiger partial charge on any atom is -0.396 e. The lowest BCUT2D eigenvalue weighted by atomic mass is 10.0. The number of anilines is 2. The number of rotatable bonds is 9. The smallest absolute Gasteiger partial charge is 0.255 e. The number of pyridine rings is 2. The highest BCUT2D eigenvalue weighted by molar-refractivity contribution is 6.30. The van der Waals surface area contributed by atoms with Gasteiger partial charge in [0.2, 0.25) is 5.91 Å². The van der Waals surface area contributed by atoms with Crippen molar-refractivity contribution in [2.75, 3.05) is 23.8 Å². The molecule has 0 saturated carbocycles. The topological polar surface area (TPSA) is 96.2 Å². The van der Waals surface area contributed by atoms with Crippen molar-refractivity contribution in [3.8, 4) is 5.69 Å². The fraction of sp³-hybridized carbons (Fsp3) is 0.227. The Bertz CT molecular complexity index is 1090. The van der Waals surface area contributed by atoms with Gasteiger partial charge >= 0.3 is 0 Å². The van der Waals surface area contributed by atoms with Crippen LogP contribution in [0.15, 0.2) is 65.7 Å². The Kier molecular flexibility index (Phi) is 7.75. The number of aliphatic hydroxyl groups excluding tert-OH is 1. The second-order valence-corrected chi connectivity index (χ2v) is 7.31. The first-order valence-corrected chi connectivity index (χ1v) is 10.1. The Balaban J connectivity index is 1.51. The van der Waals surface area contributed by atoms with Gasteiger partial charge in [0, 0.05) is 31.1 Å². The van der Waals surface area contributed by atoms with Gasteiger partial charge in [-0.1, -0.05) is 17.7 Å². The Labute approximate surface area is 183 Å². The highest BCUT2D eigenvalue weighted by Gasteiger charge is 2.18. The van der Waals surface area contributed by atoms with Crippen LogP contribution in [-0.4, -0.2) is 33.7 Å². The van der Waals surface area contributed by atoms with Gasteiger partial charge in [0.25, 0.3) is 5.56 Å². The van der Waals surface area contributed by atoms with Crippen molar-refractivity contribution >= 4 is 29.0 Å². The Morgan fingerprint density at radius 2 is 2.06 bits per heavy atom. The summed E-state index contributed by atoms with van der Waals surface area (Å²) in [5.74, 6) is -1.10. The molecule has 2 heterocycles. The van der Waals surface area contributed by atoms with Crippen molar-refractivity contribution < 1.29 is 14.3 Å². The number of carbonyl (C=O) groups is 1. The number of aliphatic hydroxyl groups is 1. The summed E-state index contributed by atoms with van der Waals surface area (Å²) in [4.78, 5) is 28.2. The zero-order valence-corrected chi connectivity index (χ0v) is 17.3. The molecule has 0 fully saturated rings. The molecule has 3 rings (SSSR count). The van der Waals surface area contributed by atoms with E-state index in [1.807, 2.05) is 0 Å². The molecule has 31 heavy (non-hydrogen) atoms. The summed E-state index contributed by atoms with van der Waals surface area (Å²) in [6, 6.07) is 12.4. The van der Waals surface area contributed by atoms with E-state index in [4.69, 9.17) is 11.6 Å². The fourth-order valence-electron chi connectivity index (χ4n) is 2.99. The molecule has 2 aromatic heterocycles. The minimum atomic E-state index is -0.614. The second kappa shape index (κ2) is 10.7. The monoisotopic (exact) mass is 444 g/mol. The maximum absolute atomic E-state index is 14.4. The van der Waals surface area contributed by atoms with Crippen LogP contribution in [0.2, 0.25) is 5.02 Å². The Morgan fingerprint density at radius 3 is 2.74 bits per heavy atom. The van der Waals surface area contributed by atoms with Crippen LogP contribution in [0.4, 0.5) is 15.9 Å². The van der Waals surface area contributed by atoms with E-state index in [2.05, 4.69) is 15.6 Å². The summed E-state index contributed by atoms with van der Waals surface area (Å²) in [6.45, 7) is 0.0961. The number of carbonyl (C=O) groups excluding carboxylic acids is 1. The maximum Gasteiger partial charge on any atom is 0.255 e. The third kappa shape index (κ3) is 6.13. The van der Waals surface area contributed by atoms with E-state index < -0.39 is 11.7 Å². The van der Waals surface area contributed by atoms with Crippen LogP contribution in [0.3, 0.4) is 0 Å². The molecule has 0 saturated heterocycles. The average Bonchev–Trinajstić information content (AvgIpc) is 2.76. The molecular formula is C22H22ClFN4O3. The molecule has 0 aliphatic rings. The molecule has 0 spiro atoms. The zero-order chi connectivity index (χ0) is 22.2. The molecule has 1 amide bonds. The van der Waals surface area contributed by atoms with E-state index in [1.165, 1.54) is 22.9 Å². The molecule has 7 nitrogen and oxygen atoms in total. The second-order valence-electron chi connectivity index (χ2n) is 6.87. The van der Waals surface area contributed by atoms with Crippen molar-refractivity contribution in [3.63, 3.8) is 0 Å². The molecule has 3 aromatic rings. The van der Waals surface area contributed by atoms with Crippen LogP contribution in [0, 0.1) is 11.7 Å². The van der Waals surface area contributed by atoms with Crippen molar-refractivity contribution in [1.29, 1.82) is 0 Å². The number of nitrogens with one attached hydrogen (secondary N) is 2. The lowest BCUT2D eigenvalue weighted by Gasteiger charge is -2.15. The van der Waals surface area contributed by atoms with E-state index in [0.29, 0.717) is 41.6 Å². The summed E-state index contributed by atoms with van der Waals surface area (Å²) in [5, 5.41) is 15.6. The number of hydrogen-bond donors (Lipinski definition) is 3. The SMILES string of the molecule is O=C(Nc1ccc(Cl)cn1)[C@H](CO)CCCNc1ccc(-n2ccccc2=O)cc1F. The first-order valence-electron chi connectivity index (χ1n) is 9.72. The van der Waals surface area contributed by atoms with E-state index in [1.54, 1.807) is 42.6 Å². The summed E-state index contributed by atoms with van der Waals surface area (Å²) >= 11 is 5.77. The van der Waals surface area contributed by atoms with Gasteiger partial charge in [-0.25, -0.2) is 9.37 Å². The van der Waals surface area contributed by atoms with Gasteiger partial charge in [-0.05, 0) is 43.2 Å². The van der Waals surface area contributed by atoms with Crippen LogP contribution in [-0.2, 0) is 4.79 Å². The first kappa shape index (κ1) is 22.5. The van der Waals surface area contributed by atoms with Crippen molar-refractivity contribution in [3.05, 3.63) is 82.1 Å². The highest BCUT2D eigenvalue weighted by Crippen LogP contribution is 2.18. The molecule has 1 atom stereocenters. The van der Waals surface area contributed by atoms with Crippen molar-refractivity contribution in [2.45, 2.75) is 12.8 Å². The average molecular weight is 445 g/mol. The number of amides is 1. The minimum absolute atomic E-state index is 0.246. The van der Waals surface area contributed by atoms with Crippen LogP contribution in [0.5, 0.6) is 0 Å². The lowest BCUT2D eigenvalue weighted by molar-refractivity contribution is -0.121. The molecule has 9 heteroatoms. The predicted molar refractivity (Wildman–Crippen MR) is 118 cm³/mol. The molecule has 162 valence electrons. The quantitative estimate of drug-likeness (QED) is 0.439. The van der Waals surface area contributed by atoms with Gasteiger partial charge in [-0.15, -0.1) is 0 Å². The molecule has 0 aliphatic heterocycles. The van der Waals surface area contributed by atoms with Crippen LogP contribution in [0.25, 0.3) is 5.69 Å². The number of halogens is 2. The molecule has 1 aromatic carbocycles. The number of hydrogen-bond acceptors (Lipinski definition) is 5. The van der Waals surface area contributed by atoms with E-state index >= 15 is 0 Å². The Hall–Kier alpha value is -3.23. The summed E-state index contributed by atoms with van der Waals surface area (Å²) in [6.07, 6.45) is 3.93. The molecule has 0 bridgehead atoms. The van der Waals surface area contributed by atoms with Gasteiger partial charge in [-0.3, -0.25) is 14.2 Å². The van der Waals surface area contributed by atoms with E-state index in [-0.39, 0.29) is 18.1 Å². The number of nitrogens with zero attached hydrogens (tertiary/aromatic N) is 2. The van der Waals surface area contributed by atoms with E-state index in [9.17, 15) is 19.1 Å².